The van der Waals surface area contributed by atoms with E-state index >= 15 is 0 Å². The highest BCUT2D eigenvalue weighted by Gasteiger charge is 2.18. The maximum absolute atomic E-state index is 2.46. The van der Waals surface area contributed by atoms with Crippen LogP contribution in [0.25, 0.3) is 22.3 Å². The van der Waals surface area contributed by atoms with E-state index < -0.39 is 16.1 Å². The fourth-order valence-electron chi connectivity index (χ4n) is 5.39. The summed E-state index contributed by atoms with van der Waals surface area (Å²) in [5.74, 6) is 0. The highest BCUT2D eigenvalue weighted by atomic mass is 28.3. The Balaban J connectivity index is 1.51. The van der Waals surface area contributed by atoms with Crippen LogP contribution in [-0.2, 0) is 25.7 Å². The second kappa shape index (κ2) is 9.65. The smallest absolute Gasteiger partial charge is 0.0656 e. The molecule has 4 aromatic rings. The summed E-state index contributed by atoms with van der Waals surface area (Å²) in [6.45, 7) is 14.5. The Morgan fingerprint density at radius 1 is 0.417 bits per heavy atom. The van der Waals surface area contributed by atoms with Gasteiger partial charge in [0, 0.05) is 0 Å². The lowest BCUT2D eigenvalue weighted by atomic mass is 9.87. The minimum atomic E-state index is -1.29. The molecule has 2 heteroatoms. The molecule has 0 unspecified atom stereocenters. The van der Waals surface area contributed by atoms with Crippen molar-refractivity contribution in [3.63, 3.8) is 0 Å². The van der Waals surface area contributed by atoms with Crippen LogP contribution in [0.15, 0.2) is 84.9 Å². The summed E-state index contributed by atoms with van der Waals surface area (Å²) in [6, 6.07) is 33.4. The highest BCUT2D eigenvalue weighted by molar-refractivity contribution is 6.89. The monoisotopic (exact) mass is 504 g/mol. The summed E-state index contributed by atoms with van der Waals surface area (Å²) in [5.41, 5.74) is 11.4. The topological polar surface area (TPSA) is 0 Å². The normalized spacial score (nSPS) is 13.9. The minimum absolute atomic E-state index is 1.06. The standard InChI is InChI=1S/C34H40Si2/c1-35(2,3)31-19-15-29(16-20-31)33-23-25-7-8-26-10-12-28(14-13-27(33)11-9-25)34(24-26)30-17-21-32(22-18-30)36(4,5)6/h9-12,15-24H,7-8,13-14H2,1-6H3. The number of rotatable bonds is 4. The lowest BCUT2D eigenvalue weighted by molar-refractivity contribution is 0.925. The minimum Gasteiger partial charge on any atom is -0.0656 e. The van der Waals surface area contributed by atoms with Gasteiger partial charge >= 0.3 is 0 Å². The van der Waals surface area contributed by atoms with Crippen molar-refractivity contribution < 1.29 is 0 Å². The van der Waals surface area contributed by atoms with Gasteiger partial charge in [0.15, 0.2) is 0 Å². The van der Waals surface area contributed by atoms with Gasteiger partial charge in [0.2, 0.25) is 0 Å². The average molecular weight is 505 g/mol. The van der Waals surface area contributed by atoms with Crippen LogP contribution in [0.1, 0.15) is 22.3 Å². The van der Waals surface area contributed by atoms with E-state index in [1.165, 1.54) is 54.9 Å². The fourth-order valence-corrected chi connectivity index (χ4v) is 7.72. The maximum atomic E-state index is 2.46. The van der Waals surface area contributed by atoms with Gasteiger partial charge in [0.1, 0.15) is 0 Å². The maximum Gasteiger partial charge on any atom is 0.0775 e. The van der Waals surface area contributed by atoms with Gasteiger partial charge in [-0.3, -0.25) is 0 Å². The van der Waals surface area contributed by atoms with Gasteiger partial charge in [-0.15, -0.1) is 0 Å². The lowest BCUT2D eigenvalue weighted by Crippen LogP contribution is -2.37. The molecule has 0 atom stereocenters. The third kappa shape index (κ3) is 5.35. The zero-order valence-corrected chi connectivity index (χ0v) is 24.9. The van der Waals surface area contributed by atoms with Gasteiger partial charge in [-0.25, -0.2) is 0 Å². The average Bonchev–Trinajstić information content (AvgIpc) is 2.84. The Morgan fingerprint density at radius 3 is 1.11 bits per heavy atom. The summed E-state index contributed by atoms with van der Waals surface area (Å²) in [7, 11) is -2.59. The van der Waals surface area contributed by atoms with Crippen molar-refractivity contribution in [1.82, 2.24) is 0 Å². The van der Waals surface area contributed by atoms with E-state index in [-0.39, 0.29) is 0 Å². The van der Waals surface area contributed by atoms with E-state index in [9.17, 15) is 0 Å². The van der Waals surface area contributed by atoms with Crippen LogP contribution in [0.4, 0.5) is 0 Å². The van der Waals surface area contributed by atoms with Crippen LogP contribution >= 0.6 is 0 Å². The quantitative estimate of drug-likeness (QED) is 0.247. The summed E-state index contributed by atoms with van der Waals surface area (Å²) in [6.07, 6.45) is 4.27. The van der Waals surface area contributed by atoms with Gasteiger partial charge in [-0.05, 0) is 70.2 Å². The molecule has 4 bridgehead atoms. The molecule has 0 amide bonds. The van der Waals surface area contributed by atoms with Crippen molar-refractivity contribution in [2.45, 2.75) is 65.0 Å². The predicted molar refractivity (Wildman–Crippen MR) is 165 cm³/mol. The van der Waals surface area contributed by atoms with E-state index in [1.807, 2.05) is 0 Å². The molecular formula is C34H40Si2. The first kappa shape index (κ1) is 25.0. The summed E-state index contributed by atoms with van der Waals surface area (Å²) >= 11 is 0. The zero-order chi connectivity index (χ0) is 25.5. The van der Waals surface area contributed by atoms with Gasteiger partial charge in [0.05, 0.1) is 16.1 Å². The molecule has 0 saturated heterocycles. The van der Waals surface area contributed by atoms with Crippen molar-refractivity contribution in [2.75, 3.05) is 0 Å². The molecule has 4 aliphatic carbocycles. The molecule has 0 saturated carbocycles. The third-order valence-corrected chi connectivity index (χ3v) is 12.0. The van der Waals surface area contributed by atoms with Crippen molar-refractivity contribution in [3.05, 3.63) is 107 Å². The lowest BCUT2D eigenvalue weighted by Gasteiger charge is -2.20. The van der Waals surface area contributed by atoms with Crippen LogP contribution in [0.3, 0.4) is 0 Å². The first-order chi connectivity index (χ1) is 17.1. The molecule has 4 aliphatic rings. The van der Waals surface area contributed by atoms with Gasteiger partial charge < -0.3 is 0 Å². The van der Waals surface area contributed by atoms with Crippen molar-refractivity contribution in [2.24, 2.45) is 0 Å². The van der Waals surface area contributed by atoms with Gasteiger partial charge in [-0.1, -0.05) is 135 Å². The van der Waals surface area contributed by atoms with Gasteiger partial charge in [0.25, 0.3) is 0 Å². The molecule has 0 radical (unpaired) electrons. The van der Waals surface area contributed by atoms with Crippen molar-refractivity contribution >= 4 is 26.5 Å². The Hall–Kier alpha value is -2.69. The SMILES string of the molecule is C[Si](C)(C)c1ccc(-c2cc3ccc2CCc2ccc(cc2-c2ccc([Si](C)(C)C)cc2)CC3)cc1. The molecule has 4 aromatic carbocycles. The van der Waals surface area contributed by atoms with E-state index in [0.717, 1.165) is 25.7 Å². The number of hydrogen-bond donors (Lipinski definition) is 0. The molecule has 0 aromatic heterocycles. The van der Waals surface area contributed by atoms with Crippen molar-refractivity contribution in [3.8, 4) is 22.3 Å². The first-order valence-electron chi connectivity index (χ1n) is 13.5. The van der Waals surface area contributed by atoms with E-state index in [0.29, 0.717) is 0 Å². The molecule has 0 heterocycles. The molecule has 36 heavy (non-hydrogen) atoms. The van der Waals surface area contributed by atoms with Crippen LogP contribution in [0, 0.1) is 0 Å². The summed E-state index contributed by atoms with van der Waals surface area (Å²) in [5, 5.41) is 3.06. The fraction of sp³-hybridized carbons (Fsp3) is 0.294. The highest BCUT2D eigenvalue weighted by Crippen LogP contribution is 2.31. The Labute approximate surface area is 220 Å². The summed E-state index contributed by atoms with van der Waals surface area (Å²) in [4.78, 5) is 0. The Morgan fingerprint density at radius 2 is 0.778 bits per heavy atom. The number of aryl methyl sites for hydroxylation is 4. The van der Waals surface area contributed by atoms with Crippen LogP contribution in [-0.4, -0.2) is 16.1 Å². The zero-order valence-electron chi connectivity index (χ0n) is 22.9. The molecule has 8 rings (SSSR count). The molecule has 0 aliphatic heterocycles. The summed E-state index contributed by atoms with van der Waals surface area (Å²) < 4.78 is 0. The van der Waals surface area contributed by atoms with Crippen LogP contribution < -0.4 is 10.4 Å². The first-order valence-corrected chi connectivity index (χ1v) is 20.5. The second-order valence-corrected chi connectivity index (χ2v) is 22.8. The van der Waals surface area contributed by atoms with Crippen molar-refractivity contribution in [1.29, 1.82) is 0 Å². The van der Waals surface area contributed by atoms with E-state index in [2.05, 4.69) is 124 Å². The van der Waals surface area contributed by atoms with Crippen LogP contribution in [0.2, 0.25) is 39.3 Å². The molecule has 0 nitrogen and oxygen atoms in total. The van der Waals surface area contributed by atoms with Crippen LogP contribution in [0.5, 0.6) is 0 Å². The Kier molecular flexibility index (Phi) is 6.69. The molecule has 0 N–H and O–H groups in total. The molecule has 0 fully saturated rings. The predicted octanol–water partition coefficient (Wildman–Crippen LogP) is 7.99. The van der Waals surface area contributed by atoms with E-state index in [1.54, 1.807) is 0 Å². The number of benzene rings is 4. The molecular weight excluding hydrogens is 465 g/mol. The molecule has 184 valence electrons. The van der Waals surface area contributed by atoms with E-state index in [4.69, 9.17) is 0 Å². The largest absolute Gasteiger partial charge is 0.0775 e. The molecule has 0 spiro atoms. The van der Waals surface area contributed by atoms with Gasteiger partial charge in [-0.2, -0.15) is 0 Å². The third-order valence-electron chi connectivity index (χ3n) is 7.84. The number of hydrogen-bond acceptors (Lipinski definition) is 0. The Bertz CT molecular complexity index is 1260. The second-order valence-electron chi connectivity index (χ2n) is 12.6.